The Morgan fingerprint density at radius 2 is 2.18 bits per heavy atom. The molecular formula is C12H15NO4. The molecule has 2 N–H and O–H groups in total. The molecule has 5 heteroatoms. The molecule has 1 aliphatic carbocycles. The molecule has 0 aliphatic heterocycles. The van der Waals surface area contributed by atoms with Gasteiger partial charge < -0.3 is 14.8 Å². The summed E-state index contributed by atoms with van der Waals surface area (Å²) in [5, 5.41) is 11.5. The van der Waals surface area contributed by atoms with E-state index in [-0.39, 0.29) is 5.76 Å². The lowest BCUT2D eigenvalue weighted by Crippen LogP contribution is -2.42. The van der Waals surface area contributed by atoms with Gasteiger partial charge in [0.15, 0.2) is 5.76 Å². The van der Waals surface area contributed by atoms with E-state index in [1.54, 1.807) is 6.07 Å². The Bertz CT molecular complexity index is 471. The first-order valence-corrected chi connectivity index (χ1v) is 5.64. The van der Waals surface area contributed by atoms with Crippen LogP contribution in [0.15, 0.2) is 10.5 Å². The van der Waals surface area contributed by atoms with Gasteiger partial charge in [-0.05, 0) is 31.4 Å². The molecule has 0 aromatic carbocycles. The molecule has 1 amide bonds. The van der Waals surface area contributed by atoms with Crippen LogP contribution in [0.1, 0.15) is 41.6 Å². The number of aryl methyl sites for hydroxylation is 2. The van der Waals surface area contributed by atoms with Crippen molar-refractivity contribution in [3.8, 4) is 0 Å². The quantitative estimate of drug-likeness (QED) is 0.831. The molecule has 1 heterocycles. The Morgan fingerprint density at radius 3 is 2.59 bits per heavy atom. The summed E-state index contributed by atoms with van der Waals surface area (Å²) in [6, 6.07) is 1.64. The summed E-state index contributed by atoms with van der Waals surface area (Å²) in [5.41, 5.74) is -0.151. The van der Waals surface area contributed by atoms with Crippen LogP contribution in [0.3, 0.4) is 0 Å². The van der Waals surface area contributed by atoms with E-state index in [0.717, 1.165) is 11.3 Å². The lowest BCUT2D eigenvalue weighted by atomic mass is 10.2. The second-order valence-electron chi connectivity index (χ2n) is 4.41. The smallest absolute Gasteiger partial charge is 0.329 e. The fraction of sp³-hybridized carbons (Fsp3) is 0.500. The zero-order valence-electron chi connectivity index (χ0n) is 9.87. The van der Waals surface area contributed by atoms with Crippen molar-refractivity contribution in [2.45, 2.75) is 38.6 Å². The lowest BCUT2D eigenvalue weighted by Gasteiger charge is -2.10. The number of hydrogen-bond donors (Lipinski definition) is 2. The largest absolute Gasteiger partial charge is 0.480 e. The lowest BCUT2D eigenvalue weighted by molar-refractivity contribution is -0.140. The number of nitrogens with one attached hydrogen (secondary N) is 1. The van der Waals surface area contributed by atoms with Gasteiger partial charge in [-0.3, -0.25) is 4.79 Å². The molecule has 1 aliphatic rings. The zero-order valence-corrected chi connectivity index (χ0v) is 9.87. The topological polar surface area (TPSA) is 79.5 Å². The second-order valence-corrected chi connectivity index (χ2v) is 4.41. The number of carboxylic acids is 1. The van der Waals surface area contributed by atoms with Gasteiger partial charge >= 0.3 is 5.97 Å². The molecule has 0 spiro atoms. The van der Waals surface area contributed by atoms with E-state index < -0.39 is 17.4 Å². The van der Waals surface area contributed by atoms with Gasteiger partial charge in [0, 0.05) is 6.42 Å². The summed E-state index contributed by atoms with van der Waals surface area (Å²) >= 11 is 0. The number of carbonyl (C=O) groups is 2. The van der Waals surface area contributed by atoms with Gasteiger partial charge in [-0.15, -0.1) is 0 Å². The van der Waals surface area contributed by atoms with Gasteiger partial charge in [0.1, 0.15) is 11.3 Å². The Labute approximate surface area is 98.8 Å². The third-order valence-electron chi connectivity index (χ3n) is 3.08. The SMILES string of the molecule is CCc1oc(C(=O)NC2(C(=O)O)CC2)cc1C. The van der Waals surface area contributed by atoms with Crippen LogP contribution in [0.4, 0.5) is 0 Å². The van der Waals surface area contributed by atoms with E-state index in [1.807, 2.05) is 13.8 Å². The van der Waals surface area contributed by atoms with Crippen molar-refractivity contribution in [3.63, 3.8) is 0 Å². The van der Waals surface area contributed by atoms with Crippen LogP contribution in [0.2, 0.25) is 0 Å². The van der Waals surface area contributed by atoms with Crippen LogP contribution in [-0.4, -0.2) is 22.5 Å². The maximum Gasteiger partial charge on any atom is 0.329 e. The highest BCUT2D eigenvalue weighted by molar-refractivity contribution is 5.97. The first-order valence-electron chi connectivity index (χ1n) is 5.64. The number of aliphatic carboxylic acids is 1. The number of carbonyl (C=O) groups excluding carboxylic acids is 1. The maximum atomic E-state index is 11.8. The van der Waals surface area contributed by atoms with Gasteiger partial charge in [-0.25, -0.2) is 4.79 Å². The van der Waals surface area contributed by atoms with E-state index in [2.05, 4.69) is 5.32 Å². The Morgan fingerprint density at radius 1 is 1.53 bits per heavy atom. The third kappa shape index (κ3) is 2.05. The number of furan rings is 1. The van der Waals surface area contributed by atoms with Crippen LogP contribution in [-0.2, 0) is 11.2 Å². The Kier molecular flexibility index (Phi) is 2.69. The zero-order chi connectivity index (χ0) is 12.6. The normalized spacial score (nSPS) is 16.6. The molecule has 0 saturated heterocycles. The minimum absolute atomic E-state index is 0.187. The van der Waals surface area contributed by atoms with E-state index in [1.165, 1.54) is 0 Å². The van der Waals surface area contributed by atoms with Crippen LogP contribution >= 0.6 is 0 Å². The molecule has 0 radical (unpaired) electrons. The fourth-order valence-electron chi connectivity index (χ4n) is 1.78. The first-order chi connectivity index (χ1) is 7.98. The maximum absolute atomic E-state index is 11.8. The summed E-state index contributed by atoms with van der Waals surface area (Å²) in [6.07, 6.45) is 1.67. The molecular weight excluding hydrogens is 222 g/mol. The monoisotopic (exact) mass is 237 g/mol. The molecule has 0 atom stereocenters. The molecule has 0 bridgehead atoms. The molecule has 1 fully saturated rings. The van der Waals surface area contributed by atoms with E-state index >= 15 is 0 Å². The van der Waals surface area contributed by atoms with Crippen LogP contribution in [0, 0.1) is 6.92 Å². The summed E-state index contributed by atoms with van der Waals surface area (Å²) in [7, 11) is 0. The molecule has 0 unspecified atom stereocenters. The van der Waals surface area contributed by atoms with Crippen molar-refractivity contribution >= 4 is 11.9 Å². The van der Waals surface area contributed by atoms with Gasteiger partial charge in [0.05, 0.1) is 0 Å². The fourth-order valence-corrected chi connectivity index (χ4v) is 1.78. The molecule has 1 aromatic heterocycles. The predicted molar refractivity (Wildman–Crippen MR) is 59.9 cm³/mol. The van der Waals surface area contributed by atoms with Crippen LogP contribution in [0.5, 0.6) is 0 Å². The summed E-state index contributed by atoms with van der Waals surface area (Å²) < 4.78 is 5.37. The summed E-state index contributed by atoms with van der Waals surface area (Å²) in [5.74, 6) is -0.486. The molecule has 1 aromatic rings. The Hall–Kier alpha value is -1.78. The van der Waals surface area contributed by atoms with Crippen LogP contribution < -0.4 is 5.32 Å². The highest BCUT2D eigenvalue weighted by atomic mass is 16.4. The van der Waals surface area contributed by atoms with E-state index in [9.17, 15) is 9.59 Å². The van der Waals surface area contributed by atoms with Gasteiger partial charge in [0.2, 0.25) is 0 Å². The molecule has 17 heavy (non-hydrogen) atoms. The van der Waals surface area contributed by atoms with Crippen molar-refractivity contribution in [1.82, 2.24) is 5.32 Å². The standard InChI is InChI=1S/C12H15NO4/c1-3-8-7(2)6-9(17-8)10(14)13-12(4-5-12)11(15)16/h6H,3-5H2,1-2H3,(H,13,14)(H,15,16). The molecule has 92 valence electrons. The third-order valence-corrected chi connectivity index (χ3v) is 3.08. The summed E-state index contributed by atoms with van der Waals surface area (Å²) in [4.78, 5) is 22.8. The highest BCUT2D eigenvalue weighted by Crippen LogP contribution is 2.35. The highest BCUT2D eigenvalue weighted by Gasteiger charge is 2.52. The van der Waals surface area contributed by atoms with E-state index in [4.69, 9.17) is 9.52 Å². The molecule has 5 nitrogen and oxygen atoms in total. The predicted octanol–water partition coefficient (Wildman–Crippen LogP) is 1.50. The second kappa shape index (κ2) is 3.91. The van der Waals surface area contributed by atoms with E-state index in [0.29, 0.717) is 19.3 Å². The molecule has 1 saturated carbocycles. The van der Waals surface area contributed by atoms with Crippen molar-refractivity contribution in [3.05, 3.63) is 23.2 Å². The Balaban J connectivity index is 2.12. The number of amides is 1. The molecule has 2 rings (SSSR count). The average Bonchev–Trinajstić information content (AvgIpc) is 2.95. The van der Waals surface area contributed by atoms with Gasteiger partial charge in [-0.1, -0.05) is 6.92 Å². The number of hydrogen-bond acceptors (Lipinski definition) is 3. The minimum atomic E-state index is -1.07. The van der Waals surface area contributed by atoms with Gasteiger partial charge in [0.25, 0.3) is 5.91 Å². The number of carboxylic acid groups (broad SMARTS) is 1. The van der Waals surface area contributed by atoms with Crippen molar-refractivity contribution in [2.24, 2.45) is 0 Å². The van der Waals surface area contributed by atoms with Crippen molar-refractivity contribution < 1.29 is 19.1 Å². The van der Waals surface area contributed by atoms with Crippen molar-refractivity contribution in [2.75, 3.05) is 0 Å². The van der Waals surface area contributed by atoms with Crippen molar-refractivity contribution in [1.29, 1.82) is 0 Å². The minimum Gasteiger partial charge on any atom is -0.480 e. The van der Waals surface area contributed by atoms with Gasteiger partial charge in [-0.2, -0.15) is 0 Å². The summed E-state index contributed by atoms with van der Waals surface area (Å²) in [6.45, 7) is 3.80. The number of rotatable bonds is 4. The van der Waals surface area contributed by atoms with Crippen LogP contribution in [0.25, 0.3) is 0 Å². The first kappa shape index (κ1) is 11.7. The average molecular weight is 237 g/mol.